The van der Waals surface area contributed by atoms with Gasteiger partial charge in [-0.25, -0.2) is 0 Å². The molecule has 0 atom stereocenters. The molecule has 0 spiro atoms. The molecule has 0 saturated heterocycles. The van der Waals surface area contributed by atoms with Crippen molar-refractivity contribution in [1.82, 2.24) is 9.13 Å². The Kier molecular flexibility index (Phi) is 10.9. The van der Waals surface area contributed by atoms with E-state index >= 15 is 0 Å². The van der Waals surface area contributed by atoms with Crippen LogP contribution in [0.15, 0.2) is 218 Å². The third-order valence-electron chi connectivity index (χ3n) is 13.9. The predicted octanol–water partition coefficient (Wildman–Crippen LogP) is 18.2. The van der Waals surface area contributed by atoms with Gasteiger partial charge in [0.05, 0.1) is 34.2 Å². The topological polar surface area (TPSA) is 9.86 Å². The van der Waals surface area contributed by atoms with E-state index in [0.29, 0.717) is 0 Å². The molecule has 2 aromatic heterocycles. The Bertz CT molecular complexity index is 3340. The molecular formula is C66H58N2. The van der Waals surface area contributed by atoms with Crippen molar-refractivity contribution in [2.24, 2.45) is 0 Å². The van der Waals surface area contributed by atoms with E-state index in [1.54, 1.807) is 0 Å². The largest absolute Gasteiger partial charge is 0.308 e. The minimum Gasteiger partial charge on any atom is -0.308 e. The van der Waals surface area contributed by atoms with E-state index in [-0.39, 0.29) is 10.8 Å². The number of aromatic nitrogens is 2. The molecule has 0 fully saturated rings. The Morgan fingerprint density at radius 1 is 0.324 bits per heavy atom. The first-order valence-corrected chi connectivity index (χ1v) is 24.2. The first kappa shape index (κ1) is 42.9. The second kappa shape index (κ2) is 17.2. The van der Waals surface area contributed by atoms with Gasteiger partial charge in [0.25, 0.3) is 0 Å². The van der Waals surface area contributed by atoms with E-state index in [0.717, 1.165) is 35.6 Å². The average Bonchev–Trinajstić information content (AvgIpc) is 4.02. The maximum absolute atomic E-state index is 2.58. The SMILES string of the molecule is CC(C)(C)c1ccc(-c2ccc3c(-n4c(-c5ccccc5)ccc4-c4ccccc4)c4ccc(-c5ccc(C(C)(C)C)cc5)cc4c(-n4c(C5=CCCC=C5)ccc4-c4ccccc4)c3c2)cc1. The summed E-state index contributed by atoms with van der Waals surface area (Å²) in [5, 5.41) is 4.74. The number of allylic oxidation sites excluding steroid dienone is 4. The van der Waals surface area contributed by atoms with Gasteiger partial charge in [-0.05, 0) is 116 Å². The highest BCUT2D eigenvalue weighted by Crippen LogP contribution is 2.47. The van der Waals surface area contributed by atoms with Crippen LogP contribution in [-0.2, 0) is 10.8 Å². The summed E-state index contributed by atoms with van der Waals surface area (Å²) in [4.78, 5) is 0. The van der Waals surface area contributed by atoms with Crippen molar-refractivity contribution in [3.05, 3.63) is 235 Å². The maximum atomic E-state index is 2.58. The molecule has 0 radical (unpaired) electrons. The highest BCUT2D eigenvalue weighted by molar-refractivity contribution is 6.17. The van der Waals surface area contributed by atoms with Crippen LogP contribution in [0.25, 0.3) is 94.5 Å². The molecule has 0 bridgehead atoms. The number of hydrogen-bond donors (Lipinski definition) is 0. The Labute approximate surface area is 402 Å². The fraction of sp³-hybridized carbons (Fsp3) is 0.152. The zero-order valence-corrected chi connectivity index (χ0v) is 40.1. The second-order valence-corrected chi connectivity index (χ2v) is 20.5. The highest BCUT2D eigenvalue weighted by Gasteiger charge is 2.26. The summed E-state index contributed by atoms with van der Waals surface area (Å²) in [5.74, 6) is 0. The summed E-state index contributed by atoms with van der Waals surface area (Å²) in [7, 11) is 0. The van der Waals surface area contributed by atoms with Crippen LogP contribution in [0.2, 0.25) is 0 Å². The monoisotopic (exact) mass is 878 g/mol. The van der Waals surface area contributed by atoms with Gasteiger partial charge in [-0.2, -0.15) is 0 Å². The molecule has 1 aliphatic rings. The van der Waals surface area contributed by atoms with Gasteiger partial charge in [-0.15, -0.1) is 0 Å². The third-order valence-corrected chi connectivity index (χ3v) is 13.9. The first-order valence-electron chi connectivity index (χ1n) is 24.2. The Hall–Kier alpha value is -7.68. The zero-order valence-electron chi connectivity index (χ0n) is 40.1. The number of hydrogen-bond acceptors (Lipinski definition) is 0. The second-order valence-electron chi connectivity index (χ2n) is 20.5. The van der Waals surface area contributed by atoms with E-state index in [1.807, 2.05) is 0 Å². The van der Waals surface area contributed by atoms with E-state index in [2.05, 4.69) is 269 Å². The van der Waals surface area contributed by atoms with E-state index in [4.69, 9.17) is 0 Å². The van der Waals surface area contributed by atoms with Gasteiger partial charge in [-0.3, -0.25) is 0 Å². The van der Waals surface area contributed by atoms with Crippen molar-refractivity contribution in [3.63, 3.8) is 0 Å². The lowest BCUT2D eigenvalue weighted by Crippen LogP contribution is -2.10. The standard InChI is InChI=1S/C66H58N2/c1-65(2,3)53-33-27-45(28-34-53)51-31-37-55-57(43-51)64(68-61(49-23-15-9-16-24-49)41-42-62(68)50-25-17-10-18-26-50)58-44-52(46-29-35-54(36-30-46)66(4,5)6)32-38-56(58)63(55)67-59(47-19-11-7-12-20-47)39-40-60(67)48-21-13-8-14-22-48/h7-9,11-17,19-44H,10,18H2,1-6H3. The van der Waals surface area contributed by atoms with Crippen LogP contribution in [0.4, 0.5) is 0 Å². The van der Waals surface area contributed by atoms with Crippen LogP contribution in [-0.4, -0.2) is 9.13 Å². The summed E-state index contributed by atoms with van der Waals surface area (Å²) in [5.41, 5.74) is 19.3. The molecular weight excluding hydrogens is 821 g/mol. The molecule has 0 unspecified atom stereocenters. The van der Waals surface area contributed by atoms with Crippen molar-refractivity contribution >= 4 is 27.1 Å². The molecule has 2 heteroatoms. The number of benzene rings is 8. The summed E-state index contributed by atoms with van der Waals surface area (Å²) >= 11 is 0. The van der Waals surface area contributed by atoms with Gasteiger partial charge in [0.15, 0.2) is 0 Å². The van der Waals surface area contributed by atoms with Gasteiger partial charge in [0.2, 0.25) is 0 Å². The summed E-state index contributed by atoms with van der Waals surface area (Å²) < 4.78 is 5.12. The summed E-state index contributed by atoms with van der Waals surface area (Å²) in [6, 6.07) is 74.9. The van der Waals surface area contributed by atoms with Crippen molar-refractivity contribution in [2.45, 2.75) is 65.2 Å². The Morgan fingerprint density at radius 3 is 1.07 bits per heavy atom. The molecule has 0 aliphatic heterocycles. The lowest BCUT2D eigenvalue weighted by Gasteiger charge is -2.25. The molecule has 11 rings (SSSR count). The Balaban J connectivity index is 1.32. The molecule has 2 nitrogen and oxygen atoms in total. The lowest BCUT2D eigenvalue weighted by molar-refractivity contribution is 0.590. The molecule has 0 saturated carbocycles. The van der Waals surface area contributed by atoms with Gasteiger partial charge in [0, 0.05) is 21.5 Å². The fourth-order valence-electron chi connectivity index (χ4n) is 10.2. The quantitative estimate of drug-likeness (QED) is 0.135. The maximum Gasteiger partial charge on any atom is 0.0620 e. The van der Waals surface area contributed by atoms with Gasteiger partial charge in [-0.1, -0.05) is 224 Å². The molecule has 0 N–H and O–H groups in total. The molecule has 2 heterocycles. The minimum absolute atomic E-state index is 0.0538. The van der Waals surface area contributed by atoms with E-state index in [9.17, 15) is 0 Å². The highest BCUT2D eigenvalue weighted by atomic mass is 15.0. The van der Waals surface area contributed by atoms with Crippen molar-refractivity contribution < 1.29 is 0 Å². The van der Waals surface area contributed by atoms with Gasteiger partial charge >= 0.3 is 0 Å². The third kappa shape index (κ3) is 7.84. The Morgan fingerprint density at radius 2 is 0.691 bits per heavy atom. The van der Waals surface area contributed by atoms with Gasteiger partial charge in [0.1, 0.15) is 0 Å². The van der Waals surface area contributed by atoms with Crippen LogP contribution in [0.5, 0.6) is 0 Å². The predicted molar refractivity (Wildman–Crippen MR) is 291 cm³/mol. The average molecular weight is 879 g/mol. The zero-order chi connectivity index (χ0) is 46.6. The number of fused-ring (bicyclic) bond motifs is 2. The smallest absolute Gasteiger partial charge is 0.0620 e. The normalized spacial score (nSPS) is 13.1. The molecule has 8 aromatic carbocycles. The van der Waals surface area contributed by atoms with E-state index in [1.165, 1.54) is 88.6 Å². The van der Waals surface area contributed by atoms with Crippen LogP contribution < -0.4 is 0 Å². The first-order chi connectivity index (χ1) is 33.0. The van der Waals surface area contributed by atoms with Crippen LogP contribution in [0, 0.1) is 0 Å². The number of rotatable bonds is 8. The molecule has 332 valence electrons. The van der Waals surface area contributed by atoms with Crippen molar-refractivity contribution in [2.75, 3.05) is 0 Å². The minimum atomic E-state index is 0.0538. The summed E-state index contributed by atoms with van der Waals surface area (Å²) in [6.45, 7) is 13.7. The van der Waals surface area contributed by atoms with Gasteiger partial charge < -0.3 is 9.13 Å². The van der Waals surface area contributed by atoms with Crippen LogP contribution >= 0.6 is 0 Å². The van der Waals surface area contributed by atoms with Crippen LogP contribution in [0.1, 0.15) is 71.2 Å². The molecule has 0 amide bonds. The molecule has 10 aromatic rings. The van der Waals surface area contributed by atoms with Crippen molar-refractivity contribution in [1.29, 1.82) is 0 Å². The van der Waals surface area contributed by atoms with Crippen molar-refractivity contribution in [3.8, 4) is 67.4 Å². The summed E-state index contributed by atoms with van der Waals surface area (Å²) in [6.07, 6.45) is 9.14. The molecule has 1 aliphatic carbocycles. The number of nitrogens with zero attached hydrogens (tertiary/aromatic N) is 2. The lowest BCUT2D eigenvalue weighted by atomic mass is 9.85. The molecule has 68 heavy (non-hydrogen) atoms. The fourth-order valence-corrected chi connectivity index (χ4v) is 10.2. The van der Waals surface area contributed by atoms with Crippen LogP contribution in [0.3, 0.4) is 0 Å². The van der Waals surface area contributed by atoms with E-state index < -0.39 is 0 Å².